The molecule has 2 atom stereocenters. The molecule has 2 nitrogen and oxygen atoms in total. The fourth-order valence-electron chi connectivity index (χ4n) is 4.70. The van der Waals surface area contributed by atoms with Crippen LogP contribution < -0.4 is 5.73 Å². The van der Waals surface area contributed by atoms with E-state index in [4.69, 9.17) is 10.5 Å². The topological polar surface area (TPSA) is 35.2 Å². The first-order valence-corrected chi connectivity index (χ1v) is 7.90. The van der Waals surface area contributed by atoms with E-state index >= 15 is 0 Å². The summed E-state index contributed by atoms with van der Waals surface area (Å²) in [4.78, 5) is 0. The van der Waals surface area contributed by atoms with E-state index in [1.807, 2.05) is 0 Å². The fourth-order valence-corrected chi connectivity index (χ4v) is 4.70. The number of rotatable bonds is 1. The van der Waals surface area contributed by atoms with Crippen LogP contribution in [0.1, 0.15) is 71.6 Å². The lowest BCUT2D eigenvalue weighted by atomic mass is 9.54. The van der Waals surface area contributed by atoms with Crippen molar-refractivity contribution in [3.05, 3.63) is 0 Å². The summed E-state index contributed by atoms with van der Waals surface area (Å²) < 4.78 is 6.08. The second-order valence-corrected chi connectivity index (χ2v) is 7.71. The lowest BCUT2D eigenvalue weighted by Gasteiger charge is -2.57. The molecule has 1 saturated heterocycles. The maximum atomic E-state index is 6.96. The van der Waals surface area contributed by atoms with Crippen LogP contribution in [-0.2, 0) is 4.74 Å². The Balaban J connectivity index is 1.79. The molecule has 0 radical (unpaired) electrons. The molecular weight excluding hydrogens is 222 g/mol. The van der Waals surface area contributed by atoms with E-state index in [0.29, 0.717) is 11.3 Å². The Labute approximate surface area is 112 Å². The average molecular weight is 251 g/mol. The summed E-state index contributed by atoms with van der Waals surface area (Å²) in [6.45, 7) is 5.74. The van der Waals surface area contributed by atoms with Crippen molar-refractivity contribution in [2.24, 2.45) is 17.1 Å². The van der Waals surface area contributed by atoms with E-state index in [-0.39, 0.29) is 11.1 Å². The summed E-state index contributed by atoms with van der Waals surface area (Å²) >= 11 is 0. The van der Waals surface area contributed by atoms with Crippen molar-refractivity contribution in [3.8, 4) is 0 Å². The molecule has 2 heteroatoms. The summed E-state index contributed by atoms with van der Waals surface area (Å²) in [5, 5.41) is 0. The lowest BCUT2D eigenvalue weighted by molar-refractivity contribution is -0.162. The van der Waals surface area contributed by atoms with Crippen molar-refractivity contribution < 1.29 is 4.74 Å². The first-order chi connectivity index (χ1) is 8.48. The van der Waals surface area contributed by atoms with Crippen LogP contribution in [0.5, 0.6) is 0 Å². The molecule has 0 aromatic heterocycles. The second-order valence-electron chi connectivity index (χ2n) is 7.71. The molecule has 104 valence electrons. The second kappa shape index (κ2) is 4.21. The van der Waals surface area contributed by atoms with Gasteiger partial charge in [-0.2, -0.15) is 0 Å². The minimum Gasteiger partial charge on any atom is -0.375 e. The van der Waals surface area contributed by atoms with Gasteiger partial charge < -0.3 is 10.5 Å². The maximum absolute atomic E-state index is 6.96. The fraction of sp³-hybridized carbons (Fsp3) is 1.00. The Bertz CT molecular complexity index is 321. The number of nitrogens with two attached hydrogens (primary N) is 1. The molecule has 3 rings (SSSR count). The lowest BCUT2D eigenvalue weighted by Crippen LogP contribution is -2.63. The normalized spacial score (nSPS) is 42.5. The summed E-state index contributed by atoms with van der Waals surface area (Å²) in [5.41, 5.74) is 7.55. The van der Waals surface area contributed by atoms with Crippen LogP contribution in [0.2, 0.25) is 0 Å². The van der Waals surface area contributed by atoms with Crippen LogP contribution in [0, 0.1) is 11.3 Å². The van der Waals surface area contributed by atoms with Gasteiger partial charge in [-0.3, -0.25) is 0 Å². The number of hydrogen-bond acceptors (Lipinski definition) is 2. The zero-order chi connectivity index (χ0) is 12.9. The van der Waals surface area contributed by atoms with Gasteiger partial charge in [-0.05, 0) is 56.3 Å². The quantitative estimate of drug-likeness (QED) is 0.772. The Morgan fingerprint density at radius 2 is 1.72 bits per heavy atom. The zero-order valence-electron chi connectivity index (χ0n) is 12.1. The van der Waals surface area contributed by atoms with Gasteiger partial charge in [0, 0.05) is 12.1 Å². The Morgan fingerprint density at radius 3 is 2.33 bits per heavy atom. The minimum absolute atomic E-state index is 0.0532. The van der Waals surface area contributed by atoms with Crippen LogP contribution >= 0.6 is 0 Å². The van der Waals surface area contributed by atoms with E-state index in [1.165, 1.54) is 57.8 Å². The van der Waals surface area contributed by atoms with Gasteiger partial charge in [0.2, 0.25) is 0 Å². The van der Waals surface area contributed by atoms with Crippen LogP contribution in [-0.4, -0.2) is 17.7 Å². The number of hydrogen-bond donors (Lipinski definition) is 1. The molecule has 1 aliphatic heterocycles. The van der Waals surface area contributed by atoms with Crippen molar-refractivity contribution in [3.63, 3.8) is 0 Å². The van der Waals surface area contributed by atoms with Crippen LogP contribution in [0.3, 0.4) is 0 Å². The molecule has 0 aromatic carbocycles. The molecule has 3 fully saturated rings. The molecule has 3 aliphatic rings. The molecule has 0 bridgehead atoms. The monoisotopic (exact) mass is 251 g/mol. The Hall–Kier alpha value is -0.0800. The van der Waals surface area contributed by atoms with Crippen molar-refractivity contribution in [2.45, 2.75) is 82.8 Å². The predicted octanol–water partition coefficient (Wildman–Crippen LogP) is 3.63. The third kappa shape index (κ3) is 1.84. The zero-order valence-corrected chi connectivity index (χ0v) is 12.1. The molecule has 0 aromatic rings. The Morgan fingerprint density at radius 1 is 1.00 bits per heavy atom. The van der Waals surface area contributed by atoms with Crippen molar-refractivity contribution in [2.75, 3.05) is 6.61 Å². The predicted molar refractivity (Wildman–Crippen MR) is 74.4 cm³/mol. The van der Waals surface area contributed by atoms with E-state index < -0.39 is 0 Å². The highest BCUT2D eigenvalue weighted by atomic mass is 16.5. The molecule has 2 unspecified atom stereocenters. The number of ether oxygens (including phenoxy) is 1. The van der Waals surface area contributed by atoms with E-state index in [1.54, 1.807) is 0 Å². The van der Waals surface area contributed by atoms with Gasteiger partial charge in [0.15, 0.2) is 0 Å². The molecule has 1 heterocycles. The maximum Gasteiger partial charge on any atom is 0.0686 e. The van der Waals surface area contributed by atoms with E-state index in [9.17, 15) is 0 Å². The molecule has 2 aliphatic carbocycles. The third-order valence-electron chi connectivity index (χ3n) is 6.39. The van der Waals surface area contributed by atoms with Crippen LogP contribution in [0.15, 0.2) is 0 Å². The van der Waals surface area contributed by atoms with Gasteiger partial charge in [0.25, 0.3) is 0 Å². The summed E-state index contributed by atoms with van der Waals surface area (Å²) in [6, 6.07) is 0. The van der Waals surface area contributed by atoms with E-state index in [2.05, 4.69) is 13.8 Å². The molecular formula is C16H29NO. The first-order valence-electron chi connectivity index (χ1n) is 7.90. The summed E-state index contributed by atoms with van der Waals surface area (Å²) in [7, 11) is 0. The highest BCUT2D eigenvalue weighted by Gasteiger charge is 2.53. The van der Waals surface area contributed by atoms with Gasteiger partial charge in [-0.1, -0.05) is 26.7 Å². The van der Waals surface area contributed by atoms with Gasteiger partial charge >= 0.3 is 0 Å². The average Bonchev–Trinajstić information content (AvgIpc) is 2.31. The largest absolute Gasteiger partial charge is 0.375 e. The molecule has 18 heavy (non-hydrogen) atoms. The summed E-state index contributed by atoms with van der Waals surface area (Å²) in [6.07, 6.45) is 11.5. The minimum atomic E-state index is 0.0532. The SMILES string of the molecule is CC1(C)CCCCC1(N)C1CCOC2(CCC2)C1. The molecule has 2 saturated carbocycles. The van der Waals surface area contributed by atoms with Crippen LogP contribution in [0.4, 0.5) is 0 Å². The standard InChI is InChI=1S/C16H29NO/c1-14(2)7-3-4-10-16(14,17)13-6-11-18-15(12-13)8-5-9-15/h13H,3-12,17H2,1-2H3. The van der Waals surface area contributed by atoms with Crippen molar-refractivity contribution >= 4 is 0 Å². The molecule has 2 N–H and O–H groups in total. The van der Waals surface area contributed by atoms with Crippen molar-refractivity contribution in [1.29, 1.82) is 0 Å². The highest BCUT2D eigenvalue weighted by Crippen LogP contribution is 2.53. The van der Waals surface area contributed by atoms with Gasteiger partial charge in [0.1, 0.15) is 0 Å². The molecule has 0 amide bonds. The third-order valence-corrected chi connectivity index (χ3v) is 6.39. The highest BCUT2D eigenvalue weighted by molar-refractivity contribution is 5.08. The van der Waals surface area contributed by atoms with Gasteiger partial charge in [-0.25, -0.2) is 0 Å². The van der Waals surface area contributed by atoms with Gasteiger partial charge in [0.05, 0.1) is 5.60 Å². The first kappa shape index (κ1) is 12.9. The summed E-state index contributed by atoms with van der Waals surface area (Å²) in [5.74, 6) is 0.682. The molecule has 1 spiro atoms. The van der Waals surface area contributed by atoms with Gasteiger partial charge in [-0.15, -0.1) is 0 Å². The van der Waals surface area contributed by atoms with Crippen LogP contribution in [0.25, 0.3) is 0 Å². The van der Waals surface area contributed by atoms with Crippen molar-refractivity contribution in [1.82, 2.24) is 0 Å². The Kier molecular flexibility index (Phi) is 3.02. The van der Waals surface area contributed by atoms with E-state index in [0.717, 1.165) is 6.61 Å². The smallest absolute Gasteiger partial charge is 0.0686 e.